The van der Waals surface area contributed by atoms with Gasteiger partial charge in [0.05, 0.1) is 7.11 Å². The van der Waals surface area contributed by atoms with Crippen molar-refractivity contribution in [1.29, 1.82) is 0 Å². The molecule has 98 valence electrons. The van der Waals surface area contributed by atoms with E-state index in [1.807, 2.05) is 0 Å². The zero-order chi connectivity index (χ0) is 13.2. The molecule has 1 atom stereocenters. The molecule has 1 saturated carbocycles. The Morgan fingerprint density at radius 3 is 2.72 bits per heavy atom. The van der Waals surface area contributed by atoms with Gasteiger partial charge in [-0.15, -0.1) is 0 Å². The highest BCUT2D eigenvalue weighted by Crippen LogP contribution is 2.31. The first-order chi connectivity index (χ1) is 8.58. The summed E-state index contributed by atoms with van der Waals surface area (Å²) in [6, 6.07) is 6.30. The van der Waals surface area contributed by atoms with E-state index in [1.54, 1.807) is 25.1 Å². The standard InChI is InChI=1S/C14H18FNO2/c1-14(13(17)18-2,16-9-10-7-8-10)11-5-3-4-6-12(11)15/h3-6,10,16H,7-9H2,1-2H3. The number of ether oxygens (including phenoxy) is 1. The lowest BCUT2D eigenvalue weighted by Crippen LogP contribution is -2.48. The van der Waals surface area contributed by atoms with Gasteiger partial charge in [-0.05, 0) is 38.3 Å². The van der Waals surface area contributed by atoms with E-state index in [1.165, 1.54) is 26.0 Å². The fraction of sp³-hybridized carbons (Fsp3) is 0.500. The van der Waals surface area contributed by atoms with Gasteiger partial charge in [0.2, 0.25) is 0 Å². The lowest BCUT2D eigenvalue weighted by molar-refractivity contribution is -0.148. The lowest BCUT2D eigenvalue weighted by Gasteiger charge is -2.29. The van der Waals surface area contributed by atoms with Crippen LogP contribution in [-0.4, -0.2) is 19.6 Å². The first-order valence-corrected chi connectivity index (χ1v) is 6.16. The first kappa shape index (κ1) is 13.0. The Morgan fingerprint density at radius 1 is 1.50 bits per heavy atom. The number of esters is 1. The second-order valence-electron chi connectivity index (χ2n) is 4.92. The molecule has 1 aliphatic rings. The minimum absolute atomic E-state index is 0.331. The molecular formula is C14H18FNO2. The Hall–Kier alpha value is -1.42. The number of carbonyl (C=O) groups is 1. The van der Waals surface area contributed by atoms with Crippen LogP contribution in [-0.2, 0) is 15.1 Å². The van der Waals surface area contributed by atoms with Crippen molar-refractivity contribution < 1.29 is 13.9 Å². The Kier molecular flexibility index (Phi) is 3.66. The summed E-state index contributed by atoms with van der Waals surface area (Å²) >= 11 is 0. The van der Waals surface area contributed by atoms with Crippen LogP contribution in [0.1, 0.15) is 25.3 Å². The van der Waals surface area contributed by atoms with Gasteiger partial charge in [-0.25, -0.2) is 9.18 Å². The quantitative estimate of drug-likeness (QED) is 0.815. The predicted molar refractivity (Wildman–Crippen MR) is 66.5 cm³/mol. The molecular weight excluding hydrogens is 233 g/mol. The fourth-order valence-electron chi connectivity index (χ4n) is 2.02. The van der Waals surface area contributed by atoms with Crippen molar-refractivity contribution in [2.75, 3.05) is 13.7 Å². The molecule has 1 fully saturated rings. The summed E-state index contributed by atoms with van der Waals surface area (Å²) in [5, 5.41) is 3.15. The van der Waals surface area contributed by atoms with Gasteiger partial charge >= 0.3 is 5.97 Å². The lowest BCUT2D eigenvalue weighted by atomic mass is 9.91. The average molecular weight is 251 g/mol. The maximum absolute atomic E-state index is 13.9. The topological polar surface area (TPSA) is 38.3 Å². The molecule has 1 aromatic rings. The molecule has 1 aromatic carbocycles. The minimum atomic E-state index is -1.12. The molecule has 0 saturated heterocycles. The number of hydrogen-bond acceptors (Lipinski definition) is 3. The van der Waals surface area contributed by atoms with Gasteiger partial charge < -0.3 is 4.74 Å². The molecule has 0 heterocycles. The molecule has 1 aliphatic carbocycles. The summed E-state index contributed by atoms with van der Waals surface area (Å²) in [5.74, 6) is -0.261. The van der Waals surface area contributed by atoms with E-state index in [-0.39, 0.29) is 0 Å². The second kappa shape index (κ2) is 5.06. The van der Waals surface area contributed by atoms with Crippen molar-refractivity contribution >= 4 is 5.97 Å². The van der Waals surface area contributed by atoms with Gasteiger partial charge in [-0.3, -0.25) is 5.32 Å². The number of hydrogen-bond donors (Lipinski definition) is 1. The minimum Gasteiger partial charge on any atom is -0.467 e. The van der Waals surface area contributed by atoms with Gasteiger partial charge in [0.15, 0.2) is 0 Å². The van der Waals surface area contributed by atoms with Crippen LogP contribution in [0.15, 0.2) is 24.3 Å². The van der Waals surface area contributed by atoms with Crippen LogP contribution >= 0.6 is 0 Å². The Balaban J connectivity index is 2.27. The second-order valence-corrected chi connectivity index (χ2v) is 4.92. The van der Waals surface area contributed by atoms with Crippen LogP contribution in [0.4, 0.5) is 4.39 Å². The van der Waals surface area contributed by atoms with Crippen molar-refractivity contribution in [1.82, 2.24) is 5.32 Å². The van der Waals surface area contributed by atoms with Crippen molar-refractivity contribution in [3.05, 3.63) is 35.6 Å². The fourth-order valence-corrected chi connectivity index (χ4v) is 2.02. The van der Waals surface area contributed by atoms with Gasteiger partial charge in [-0.2, -0.15) is 0 Å². The van der Waals surface area contributed by atoms with Crippen molar-refractivity contribution in [3.63, 3.8) is 0 Å². The molecule has 0 aromatic heterocycles. The number of nitrogens with one attached hydrogen (secondary N) is 1. The molecule has 0 spiro atoms. The summed E-state index contributed by atoms with van der Waals surface area (Å²) in [7, 11) is 1.32. The largest absolute Gasteiger partial charge is 0.467 e. The molecule has 4 heteroatoms. The summed E-state index contributed by atoms with van der Waals surface area (Å²) < 4.78 is 18.7. The van der Waals surface area contributed by atoms with E-state index in [0.29, 0.717) is 18.0 Å². The number of carbonyl (C=O) groups excluding carboxylic acids is 1. The number of benzene rings is 1. The Bertz CT molecular complexity index is 445. The Labute approximate surface area is 106 Å². The monoisotopic (exact) mass is 251 g/mol. The van der Waals surface area contributed by atoms with Crippen LogP contribution in [0.2, 0.25) is 0 Å². The van der Waals surface area contributed by atoms with Crippen molar-refractivity contribution in [3.8, 4) is 0 Å². The van der Waals surface area contributed by atoms with E-state index in [4.69, 9.17) is 4.74 Å². The number of rotatable bonds is 5. The van der Waals surface area contributed by atoms with E-state index in [0.717, 1.165) is 0 Å². The number of halogens is 1. The smallest absolute Gasteiger partial charge is 0.330 e. The highest BCUT2D eigenvalue weighted by Gasteiger charge is 2.39. The van der Waals surface area contributed by atoms with Crippen LogP contribution < -0.4 is 5.32 Å². The molecule has 3 nitrogen and oxygen atoms in total. The summed E-state index contributed by atoms with van der Waals surface area (Å²) in [4.78, 5) is 12.0. The van der Waals surface area contributed by atoms with Gasteiger partial charge in [0.1, 0.15) is 11.4 Å². The molecule has 0 radical (unpaired) electrons. The molecule has 1 N–H and O–H groups in total. The summed E-state index contributed by atoms with van der Waals surface area (Å²) in [6.07, 6.45) is 2.34. The zero-order valence-corrected chi connectivity index (χ0v) is 10.7. The van der Waals surface area contributed by atoms with Crippen LogP contribution in [0.3, 0.4) is 0 Å². The third-order valence-corrected chi connectivity index (χ3v) is 3.45. The maximum atomic E-state index is 13.9. The molecule has 18 heavy (non-hydrogen) atoms. The van der Waals surface area contributed by atoms with E-state index in [2.05, 4.69) is 5.32 Å². The van der Waals surface area contributed by atoms with E-state index in [9.17, 15) is 9.18 Å². The maximum Gasteiger partial charge on any atom is 0.330 e. The summed E-state index contributed by atoms with van der Waals surface area (Å²) in [6.45, 7) is 2.37. The van der Waals surface area contributed by atoms with Crippen molar-refractivity contribution in [2.24, 2.45) is 5.92 Å². The Morgan fingerprint density at radius 2 is 2.17 bits per heavy atom. The van der Waals surface area contributed by atoms with Crippen LogP contribution in [0, 0.1) is 11.7 Å². The highest BCUT2D eigenvalue weighted by molar-refractivity contribution is 5.82. The highest BCUT2D eigenvalue weighted by atomic mass is 19.1. The van der Waals surface area contributed by atoms with Gasteiger partial charge in [0.25, 0.3) is 0 Å². The van der Waals surface area contributed by atoms with E-state index < -0.39 is 17.3 Å². The summed E-state index contributed by atoms with van der Waals surface area (Å²) in [5.41, 5.74) is -0.791. The third-order valence-electron chi connectivity index (χ3n) is 3.45. The van der Waals surface area contributed by atoms with E-state index >= 15 is 0 Å². The van der Waals surface area contributed by atoms with Gasteiger partial charge in [0, 0.05) is 5.56 Å². The first-order valence-electron chi connectivity index (χ1n) is 6.16. The zero-order valence-electron chi connectivity index (χ0n) is 10.7. The predicted octanol–water partition coefficient (Wildman–Crippen LogP) is 2.21. The molecule has 0 aliphatic heterocycles. The van der Waals surface area contributed by atoms with Crippen LogP contribution in [0.5, 0.6) is 0 Å². The number of methoxy groups -OCH3 is 1. The molecule has 0 bridgehead atoms. The SMILES string of the molecule is COC(=O)C(C)(NCC1CC1)c1ccccc1F. The molecule has 1 unspecified atom stereocenters. The molecule has 2 rings (SSSR count). The van der Waals surface area contributed by atoms with Crippen molar-refractivity contribution in [2.45, 2.75) is 25.3 Å². The average Bonchev–Trinajstić information content (AvgIpc) is 3.19. The molecule has 0 amide bonds. The third kappa shape index (κ3) is 2.53. The van der Waals surface area contributed by atoms with Crippen LogP contribution in [0.25, 0.3) is 0 Å². The normalized spacial score (nSPS) is 18.2. The van der Waals surface area contributed by atoms with Gasteiger partial charge in [-0.1, -0.05) is 18.2 Å².